The van der Waals surface area contributed by atoms with Gasteiger partial charge in [0.05, 0.1) is 5.60 Å². The summed E-state index contributed by atoms with van der Waals surface area (Å²) in [5.74, 6) is 0.0522. The molecule has 2 aromatic rings. The van der Waals surface area contributed by atoms with Gasteiger partial charge in [-0.15, -0.1) is 0 Å². The first kappa shape index (κ1) is 15.3. The summed E-state index contributed by atoms with van der Waals surface area (Å²) in [6, 6.07) is 20.8. The fourth-order valence-corrected chi connectivity index (χ4v) is 3.73. The van der Waals surface area contributed by atoms with Gasteiger partial charge in [0, 0.05) is 12.0 Å². The molecule has 0 aromatic heterocycles. The number of hydrogen-bond donors (Lipinski definition) is 2. The number of piperidine rings is 1. The number of hydrogen-bond acceptors (Lipinski definition) is 2. The van der Waals surface area contributed by atoms with Crippen LogP contribution in [0.5, 0.6) is 0 Å². The molecule has 0 radical (unpaired) electrons. The van der Waals surface area contributed by atoms with Crippen molar-refractivity contribution < 1.29 is 5.11 Å². The highest BCUT2D eigenvalue weighted by Gasteiger charge is 2.40. The van der Waals surface area contributed by atoms with Gasteiger partial charge in [-0.3, -0.25) is 0 Å². The Morgan fingerprint density at radius 2 is 1.64 bits per heavy atom. The molecule has 2 aromatic carbocycles. The maximum atomic E-state index is 11.4. The van der Waals surface area contributed by atoms with Gasteiger partial charge in [0.1, 0.15) is 0 Å². The number of rotatable bonds is 4. The Labute approximate surface area is 133 Å². The van der Waals surface area contributed by atoms with Crippen LogP contribution in [0.25, 0.3) is 0 Å². The van der Waals surface area contributed by atoms with Gasteiger partial charge in [0.25, 0.3) is 0 Å². The van der Waals surface area contributed by atoms with E-state index in [0.717, 1.165) is 18.5 Å². The van der Waals surface area contributed by atoms with E-state index in [9.17, 15) is 5.11 Å². The van der Waals surface area contributed by atoms with Gasteiger partial charge in [-0.25, -0.2) is 0 Å². The Hall–Kier alpha value is -1.64. The molecule has 0 aliphatic carbocycles. The highest BCUT2D eigenvalue weighted by Crippen LogP contribution is 2.41. The smallest absolute Gasteiger partial charge is 0.0951 e. The van der Waals surface area contributed by atoms with Crippen LogP contribution in [-0.2, 0) is 5.60 Å². The maximum absolute atomic E-state index is 11.4. The Bertz CT molecular complexity index is 573. The molecular weight excluding hydrogens is 270 g/mol. The van der Waals surface area contributed by atoms with Crippen molar-refractivity contribution in [3.05, 3.63) is 71.8 Å². The SMILES string of the molecule is C[C@@](O)(c1ccccc1)[C@H](c1ccccc1)[C@@H]1CCCCN1. The second-order valence-electron chi connectivity index (χ2n) is 6.46. The summed E-state index contributed by atoms with van der Waals surface area (Å²) in [5.41, 5.74) is 1.30. The topological polar surface area (TPSA) is 32.3 Å². The molecule has 1 aliphatic rings. The minimum Gasteiger partial charge on any atom is -0.385 e. The van der Waals surface area contributed by atoms with Crippen LogP contribution in [0.3, 0.4) is 0 Å². The fourth-order valence-electron chi connectivity index (χ4n) is 3.73. The lowest BCUT2D eigenvalue weighted by Gasteiger charge is -2.41. The van der Waals surface area contributed by atoms with E-state index in [1.807, 2.05) is 43.3 Å². The molecule has 0 amide bonds. The van der Waals surface area contributed by atoms with Crippen LogP contribution in [0.2, 0.25) is 0 Å². The molecule has 1 aliphatic heterocycles. The van der Waals surface area contributed by atoms with Crippen molar-refractivity contribution in [2.75, 3.05) is 6.54 Å². The van der Waals surface area contributed by atoms with Crippen molar-refractivity contribution in [3.8, 4) is 0 Å². The first-order valence-corrected chi connectivity index (χ1v) is 8.26. The first-order chi connectivity index (χ1) is 10.7. The first-order valence-electron chi connectivity index (χ1n) is 8.26. The zero-order valence-corrected chi connectivity index (χ0v) is 13.2. The van der Waals surface area contributed by atoms with Crippen LogP contribution < -0.4 is 5.32 Å². The average molecular weight is 295 g/mol. The van der Waals surface area contributed by atoms with Gasteiger partial charge in [0.2, 0.25) is 0 Å². The molecule has 1 fully saturated rings. The number of benzene rings is 2. The predicted octanol–water partition coefficient (Wildman–Crippen LogP) is 3.82. The second-order valence-corrected chi connectivity index (χ2v) is 6.46. The van der Waals surface area contributed by atoms with Gasteiger partial charge in [-0.1, -0.05) is 67.1 Å². The summed E-state index contributed by atoms with van der Waals surface area (Å²) in [6.45, 7) is 3.00. The Morgan fingerprint density at radius 3 is 2.23 bits per heavy atom. The quantitative estimate of drug-likeness (QED) is 0.898. The highest BCUT2D eigenvalue weighted by atomic mass is 16.3. The van der Waals surface area contributed by atoms with E-state index in [1.54, 1.807) is 0 Å². The molecule has 1 heterocycles. The molecule has 3 atom stereocenters. The third-order valence-electron chi connectivity index (χ3n) is 4.87. The predicted molar refractivity (Wildman–Crippen MR) is 90.8 cm³/mol. The van der Waals surface area contributed by atoms with E-state index in [4.69, 9.17) is 0 Å². The number of nitrogens with one attached hydrogen (secondary N) is 1. The van der Waals surface area contributed by atoms with Crippen molar-refractivity contribution in [2.45, 2.75) is 43.7 Å². The third-order valence-corrected chi connectivity index (χ3v) is 4.87. The lowest BCUT2D eigenvalue weighted by molar-refractivity contribution is 0.00897. The van der Waals surface area contributed by atoms with Crippen LogP contribution in [0.15, 0.2) is 60.7 Å². The Kier molecular flexibility index (Phi) is 4.60. The number of aliphatic hydroxyl groups is 1. The molecule has 116 valence electrons. The van der Waals surface area contributed by atoms with Crippen LogP contribution in [-0.4, -0.2) is 17.7 Å². The molecule has 2 nitrogen and oxygen atoms in total. The summed E-state index contributed by atoms with van der Waals surface area (Å²) < 4.78 is 0. The molecule has 1 saturated heterocycles. The zero-order valence-electron chi connectivity index (χ0n) is 13.2. The normalized spacial score (nSPS) is 22.7. The van der Waals surface area contributed by atoms with Gasteiger partial charge >= 0.3 is 0 Å². The molecule has 0 saturated carbocycles. The highest BCUT2D eigenvalue weighted by molar-refractivity contribution is 5.32. The lowest BCUT2D eigenvalue weighted by atomic mass is 9.72. The molecular formula is C20H25NO. The van der Waals surface area contributed by atoms with E-state index in [0.29, 0.717) is 6.04 Å². The van der Waals surface area contributed by atoms with E-state index in [2.05, 4.69) is 29.6 Å². The lowest BCUT2D eigenvalue weighted by Crippen LogP contribution is -2.47. The van der Waals surface area contributed by atoms with Crippen molar-refractivity contribution in [2.24, 2.45) is 0 Å². The molecule has 0 spiro atoms. The summed E-state index contributed by atoms with van der Waals surface area (Å²) in [6.07, 6.45) is 3.57. The summed E-state index contributed by atoms with van der Waals surface area (Å²) in [4.78, 5) is 0. The van der Waals surface area contributed by atoms with Gasteiger partial charge in [0.15, 0.2) is 0 Å². The van der Waals surface area contributed by atoms with E-state index < -0.39 is 5.60 Å². The molecule has 0 unspecified atom stereocenters. The van der Waals surface area contributed by atoms with Crippen LogP contribution in [0, 0.1) is 0 Å². The molecule has 3 rings (SSSR count). The van der Waals surface area contributed by atoms with E-state index in [-0.39, 0.29) is 5.92 Å². The van der Waals surface area contributed by atoms with Crippen LogP contribution >= 0.6 is 0 Å². The Morgan fingerprint density at radius 1 is 1.00 bits per heavy atom. The fraction of sp³-hybridized carbons (Fsp3) is 0.400. The van der Waals surface area contributed by atoms with Crippen LogP contribution in [0.1, 0.15) is 43.2 Å². The zero-order chi connectivity index (χ0) is 15.4. The minimum atomic E-state index is -0.891. The molecule has 2 N–H and O–H groups in total. The average Bonchev–Trinajstić information content (AvgIpc) is 2.58. The third kappa shape index (κ3) is 3.08. The van der Waals surface area contributed by atoms with Crippen molar-refractivity contribution in [1.82, 2.24) is 5.32 Å². The van der Waals surface area contributed by atoms with Crippen molar-refractivity contribution >= 4 is 0 Å². The van der Waals surface area contributed by atoms with Crippen molar-refractivity contribution in [1.29, 1.82) is 0 Å². The maximum Gasteiger partial charge on any atom is 0.0951 e. The van der Waals surface area contributed by atoms with E-state index in [1.165, 1.54) is 18.4 Å². The largest absolute Gasteiger partial charge is 0.385 e. The standard InChI is InChI=1S/C20H25NO/c1-20(22,17-12-6-3-7-13-17)19(16-10-4-2-5-11-16)18-14-8-9-15-21-18/h2-7,10-13,18-19,21-22H,8-9,14-15H2,1H3/t18-,19+,20+/m0/s1. The summed E-state index contributed by atoms with van der Waals surface area (Å²) in [5, 5.41) is 15.0. The Balaban J connectivity index is 2.01. The molecule has 0 bridgehead atoms. The second kappa shape index (κ2) is 6.64. The van der Waals surface area contributed by atoms with Crippen LogP contribution in [0.4, 0.5) is 0 Å². The molecule has 2 heteroatoms. The van der Waals surface area contributed by atoms with Gasteiger partial charge in [-0.05, 0) is 37.4 Å². The van der Waals surface area contributed by atoms with E-state index >= 15 is 0 Å². The van der Waals surface area contributed by atoms with Gasteiger partial charge < -0.3 is 10.4 Å². The monoisotopic (exact) mass is 295 g/mol. The summed E-state index contributed by atoms with van der Waals surface area (Å²) in [7, 11) is 0. The molecule has 22 heavy (non-hydrogen) atoms. The van der Waals surface area contributed by atoms with Crippen molar-refractivity contribution in [3.63, 3.8) is 0 Å². The summed E-state index contributed by atoms with van der Waals surface area (Å²) >= 11 is 0. The minimum absolute atomic E-state index is 0.0522. The van der Waals surface area contributed by atoms with Gasteiger partial charge in [-0.2, -0.15) is 0 Å².